The van der Waals surface area contributed by atoms with E-state index in [2.05, 4.69) is 16.9 Å². The van der Waals surface area contributed by atoms with Crippen molar-refractivity contribution in [2.75, 3.05) is 11.5 Å². The SMILES string of the molecule is CCC[C@H]1Cc2c(sc3nc(SCC(=O)c4ccc(F)cc4)nc(N)c23)CO1. The maximum absolute atomic E-state index is 13.0. The molecule has 0 aliphatic carbocycles. The van der Waals surface area contributed by atoms with Crippen molar-refractivity contribution < 1.29 is 13.9 Å². The third-order valence-corrected chi connectivity index (χ3v) is 6.68. The van der Waals surface area contributed by atoms with E-state index < -0.39 is 0 Å². The molecular weight excluding hydrogens is 397 g/mol. The molecule has 0 saturated heterocycles. The van der Waals surface area contributed by atoms with Crippen molar-refractivity contribution in [3.8, 4) is 0 Å². The van der Waals surface area contributed by atoms with Crippen LogP contribution in [0.5, 0.6) is 0 Å². The Morgan fingerprint density at radius 1 is 1.36 bits per heavy atom. The van der Waals surface area contributed by atoms with Gasteiger partial charge in [-0.3, -0.25) is 4.79 Å². The van der Waals surface area contributed by atoms with Gasteiger partial charge >= 0.3 is 0 Å². The van der Waals surface area contributed by atoms with Gasteiger partial charge in [0.2, 0.25) is 0 Å². The Balaban J connectivity index is 1.53. The topological polar surface area (TPSA) is 78.1 Å². The summed E-state index contributed by atoms with van der Waals surface area (Å²) in [5, 5.41) is 1.41. The Hall–Kier alpha value is -2.03. The van der Waals surface area contributed by atoms with Crippen molar-refractivity contribution in [3.05, 3.63) is 46.1 Å². The van der Waals surface area contributed by atoms with Crippen LogP contribution in [-0.4, -0.2) is 27.6 Å². The van der Waals surface area contributed by atoms with Crippen LogP contribution in [-0.2, 0) is 17.8 Å². The molecule has 0 radical (unpaired) electrons. The molecule has 2 N–H and O–H groups in total. The zero-order chi connectivity index (χ0) is 19.7. The molecule has 146 valence electrons. The molecule has 8 heteroatoms. The number of Topliss-reactive ketones (excluding diaryl/α,β-unsaturated/α-hetero) is 1. The van der Waals surface area contributed by atoms with E-state index in [1.807, 2.05) is 0 Å². The first-order valence-corrected chi connectivity index (χ1v) is 11.0. The summed E-state index contributed by atoms with van der Waals surface area (Å²) >= 11 is 2.83. The summed E-state index contributed by atoms with van der Waals surface area (Å²) in [5.41, 5.74) is 7.93. The van der Waals surface area contributed by atoms with E-state index in [1.54, 1.807) is 11.3 Å². The molecule has 0 bridgehead atoms. The van der Waals surface area contributed by atoms with Gasteiger partial charge < -0.3 is 10.5 Å². The average Bonchev–Trinajstić information content (AvgIpc) is 3.05. The minimum atomic E-state index is -0.363. The van der Waals surface area contributed by atoms with Crippen LogP contribution in [0.3, 0.4) is 0 Å². The summed E-state index contributed by atoms with van der Waals surface area (Å²) in [4.78, 5) is 23.3. The lowest BCUT2D eigenvalue weighted by Gasteiger charge is -2.22. The van der Waals surface area contributed by atoms with Gasteiger partial charge in [-0.05, 0) is 36.2 Å². The molecule has 2 aromatic heterocycles. The first kappa shape index (κ1) is 19.3. The highest BCUT2D eigenvalue weighted by atomic mass is 32.2. The van der Waals surface area contributed by atoms with Gasteiger partial charge in [0.05, 0.1) is 23.8 Å². The van der Waals surface area contributed by atoms with Crippen LogP contribution in [0.2, 0.25) is 0 Å². The van der Waals surface area contributed by atoms with Gasteiger partial charge in [0.15, 0.2) is 10.9 Å². The first-order valence-electron chi connectivity index (χ1n) is 9.16. The summed E-state index contributed by atoms with van der Waals surface area (Å²) in [6, 6.07) is 5.53. The van der Waals surface area contributed by atoms with E-state index in [4.69, 9.17) is 10.5 Å². The minimum absolute atomic E-state index is 0.103. The highest BCUT2D eigenvalue weighted by molar-refractivity contribution is 7.99. The highest BCUT2D eigenvalue weighted by Gasteiger charge is 2.25. The van der Waals surface area contributed by atoms with Gasteiger partial charge in [-0.15, -0.1) is 11.3 Å². The van der Waals surface area contributed by atoms with Crippen molar-refractivity contribution in [1.82, 2.24) is 9.97 Å². The Morgan fingerprint density at radius 3 is 2.89 bits per heavy atom. The number of ketones is 1. The Kier molecular flexibility index (Phi) is 5.61. The van der Waals surface area contributed by atoms with Gasteiger partial charge in [0, 0.05) is 16.9 Å². The molecule has 0 spiro atoms. The molecule has 1 aliphatic heterocycles. The largest absolute Gasteiger partial charge is 0.383 e. The van der Waals surface area contributed by atoms with Crippen molar-refractivity contribution in [2.45, 2.75) is 44.1 Å². The van der Waals surface area contributed by atoms with Crippen LogP contribution in [0.4, 0.5) is 10.2 Å². The Bertz CT molecular complexity index is 1020. The number of aromatic nitrogens is 2. The number of hydrogen-bond donors (Lipinski definition) is 1. The van der Waals surface area contributed by atoms with E-state index in [9.17, 15) is 9.18 Å². The molecule has 28 heavy (non-hydrogen) atoms. The minimum Gasteiger partial charge on any atom is -0.383 e. The van der Waals surface area contributed by atoms with E-state index in [0.717, 1.165) is 34.4 Å². The molecule has 0 saturated carbocycles. The predicted molar refractivity (Wildman–Crippen MR) is 110 cm³/mol. The molecule has 3 heterocycles. The molecule has 0 amide bonds. The number of fused-ring (bicyclic) bond motifs is 3. The van der Waals surface area contributed by atoms with Crippen molar-refractivity contribution in [1.29, 1.82) is 0 Å². The summed E-state index contributed by atoms with van der Waals surface area (Å²) < 4.78 is 18.9. The molecular formula is C20H20FN3O2S2. The summed E-state index contributed by atoms with van der Waals surface area (Å²) in [6.07, 6.45) is 3.16. The molecule has 4 rings (SSSR count). The number of thioether (sulfide) groups is 1. The van der Waals surface area contributed by atoms with Crippen LogP contribution in [0.15, 0.2) is 29.4 Å². The van der Waals surface area contributed by atoms with Crippen LogP contribution in [0, 0.1) is 5.82 Å². The number of halogens is 1. The van der Waals surface area contributed by atoms with Gasteiger partial charge in [-0.2, -0.15) is 0 Å². The van der Waals surface area contributed by atoms with Gasteiger partial charge in [-0.25, -0.2) is 14.4 Å². The number of ether oxygens (including phenoxy) is 1. The highest BCUT2D eigenvalue weighted by Crippen LogP contribution is 2.39. The van der Waals surface area contributed by atoms with E-state index in [0.29, 0.717) is 23.1 Å². The standard InChI is InChI=1S/C20H20FN3O2S2/c1-2-3-13-8-14-16(9-26-13)28-19-17(14)18(22)23-20(24-19)27-10-15(25)11-4-6-12(21)7-5-11/h4-7,13H,2-3,8-10H2,1H3,(H2,22,23,24)/t13-/m0/s1. The van der Waals surface area contributed by atoms with Gasteiger partial charge in [0.1, 0.15) is 16.5 Å². The molecule has 5 nitrogen and oxygen atoms in total. The summed E-state index contributed by atoms with van der Waals surface area (Å²) in [6.45, 7) is 2.74. The smallest absolute Gasteiger partial charge is 0.191 e. The fraction of sp³-hybridized carbons (Fsp3) is 0.350. The van der Waals surface area contributed by atoms with Crippen molar-refractivity contribution in [2.24, 2.45) is 0 Å². The quantitative estimate of drug-likeness (QED) is 0.358. The van der Waals surface area contributed by atoms with E-state index >= 15 is 0 Å². The van der Waals surface area contributed by atoms with Crippen LogP contribution in [0.1, 0.15) is 40.6 Å². The van der Waals surface area contributed by atoms with Crippen molar-refractivity contribution in [3.63, 3.8) is 0 Å². The lowest BCUT2D eigenvalue weighted by Crippen LogP contribution is -2.21. The fourth-order valence-corrected chi connectivity index (χ4v) is 5.28. The third-order valence-electron chi connectivity index (χ3n) is 4.73. The number of thiophene rings is 1. The van der Waals surface area contributed by atoms with Crippen LogP contribution >= 0.6 is 23.1 Å². The molecule has 1 atom stereocenters. The number of nitrogen functional groups attached to an aromatic ring is 1. The lowest BCUT2D eigenvalue weighted by molar-refractivity contribution is 0.0254. The molecule has 0 unspecified atom stereocenters. The van der Waals surface area contributed by atoms with E-state index in [-0.39, 0.29) is 23.5 Å². The monoisotopic (exact) mass is 417 g/mol. The Labute approximate surface area is 170 Å². The number of carbonyl (C=O) groups excluding carboxylic acids is 1. The molecule has 3 aromatic rings. The maximum atomic E-state index is 13.0. The summed E-state index contributed by atoms with van der Waals surface area (Å²) in [7, 11) is 0. The number of rotatable bonds is 6. The second-order valence-corrected chi connectivity index (χ2v) is 8.75. The summed E-state index contributed by atoms with van der Waals surface area (Å²) in [5.74, 6) is 0.158. The number of nitrogens with two attached hydrogens (primary N) is 1. The normalized spacial score (nSPS) is 16.3. The number of hydrogen-bond acceptors (Lipinski definition) is 7. The number of anilines is 1. The van der Waals surface area contributed by atoms with E-state index in [1.165, 1.54) is 41.6 Å². The third kappa shape index (κ3) is 3.90. The predicted octanol–water partition coefficient (Wildman–Crippen LogP) is 4.63. The maximum Gasteiger partial charge on any atom is 0.191 e. The van der Waals surface area contributed by atoms with Crippen LogP contribution < -0.4 is 5.73 Å². The number of nitrogens with zero attached hydrogens (tertiary/aromatic N) is 2. The zero-order valence-corrected chi connectivity index (χ0v) is 17.0. The molecule has 0 fully saturated rings. The lowest BCUT2D eigenvalue weighted by atomic mass is 10.0. The van der Waals surface area contributed by atoms with Crippen molar-refractivity contribution >= 4 is 44.9 Å². The second kappa shape index (κ2) is 8.14. The average molecular weight is 418 g/mol. The van der Waals surface area contributed by atoms with Crippen LogP contribution in [0.25, 0.3) is 10.2 Å². The zero-order valence-electron chi connectivity index (χ0n) is 15.4. The first-order chi connectivity index (χ1) is 13.5. The van der Waals surface area contributed by atoms with Gasteiger partial charge in [0.25, 0.3) is 0 Å². The fourth-order valence-electron chi connectivity index (χ4n) is 3.35. The van der Waals surface area contributed by atoms with Gasteiger partial charge in [-0.1, -0.05) is 25.1 Å². The molecule has 1 aromatic carbocycles. The second-order valence-electron chi connectivity index (χ2n) is 6.72. The molecule has 1 aliphatic rings. The Morgan fingerprint density at radius 2 is 2.14 bits per heavy atom. The number of benzene rings is 1. The number of carbonyl (C=O) groups is 1.